The topological polar surface area (TPSA) is 74.4 Å². The SMILES string of the molecule is CCOCCOC(=O)c1csc(CCN)n1. The van der Waals surface area contributed by atoms with Gasteiger partial charge < -0.3 is 15.2 Å². The Labute approximate surface area is 98.6 Å². The van der Waals surface area contributed by atoms with Gasteiger partial charge in [-0.2, -0.15) is 0 Å². The van der Waals surface area contributed by atoms with E-state index in [-0.39, 0.29) is 6.61 Å². The Balaban J connectivity index is 2.34. The second-order valence-electron chi connectivity index (χ2n) is 3.00. The first-order valence-electron chi connectivity index (χ1n) is 5.17. The maximum Gasteiger partial charge on any atom is 0.357 e. The maximum atomic E-state index is 11.5. The summed E-state index contributed by atoms with van der Waals surface area (Å²) < 4.78 is 10.0. The smallest absolute Gasteiger partial charge is 0.357 e. The summed E-state index contributed by atoms with van der Waals surface area (Å²) in [7, 11) is 0. The van der Waals surface area contributed by atoms with E-state index >= 15 is 0 Å². The van der Waals surface area contributed by atoms with Crippen molar-refractivity contribution >= 4 is 17.3 Å². The second kappa shape index (κ2) is 7.32. The zero-order chi connectivity index (χ0) is 11.8. The second-order valence-corrected chi connectivity index (χ2v) is 3.94. The molecule has 0 aromatic carbocycles. The Hall–Kier alpha value is -0.980. The minimum absolute atomic E-state index is 0.260. The maximum absolute atomic E-state index is 11.5. The van der Waals surface area contributed by atoms with Gasteiger partial charge in [0.15, 0.2) is 5.69 Å². The lowest BCUT2D eigenvalue weighted by Gasteiger charge is -2.02. The van der Waals surface area contributed by atoms with Gasteiger partial charge in [-0.15, -0.1) is 11.3 Å². The number of rotatable bonds is 7. The van der Waals surface area contributed by atoms with E-state index < -0.39 is 5.97 Å². The van der Waals surface area contributed by atoms with E-state index in [1.807, 2.05) is 6.92 Å². The van der Waals surface area contributed by atoms with Crippen molar-refractivity contribution in [2.24, 2.45) is 5.73 Å². The molecule has 0 saturated heterocycles. The van der Waals surface area contributed by atoms with Gasteiger partial charge in [-0.1, -0.05) is 0 Å². The highest BCUT2D eigenvalue weighted by Gasteiger charge is 2.11. The van der Waals surface area contributed by atoms with Crippen LogP contribution in [0.2, 0.25) is 0 Å². The van der Waals surface area contributed by atoms with Gasteiger partial charge in [0, 0.05) is 18.4 Å². The monoisotopic (exact) mass is 244 g/mol. The molecular weight excluding hydrogens is 228 g/mol. The molecule has 1 aromatic rings. The van der Waals surface area contributed by atoms with Gasteiger partial charge in [-0.25, -0.2) is 9.78 Å². The zero-order valence-electron chi connectivity index (χ0n) is 9.27. The van der Waals surface area contributed by atoms with Gasteiger partial charge in [0.05, 0.1) is 11.6 Å². The number of carbonyl (C=O) groups is 1. The standard InChI is InChI=1S/C10H16N2O3S/c1-2-14-5-6-15-10(13)8-7-16-9(12-8)3-4-11/h7H,2-6,11H2,1H3. The Bertz CT molecular complexity index is 328. The van der Waals surface area contributed by atoms with E-state index in [1.54, 1.807) is 5.38 Å². The molecule has 6 heteroatoms. The molecule has 5 nitrogen and oxygen atoms in total. The number of hydrogen-bond acceptors (Lipinski definition) is 6. The Morgan fingerprint density at radius 2 is 2.38 bits per heavy atom. The lowest BCUT2D eigenvalue weighted by atomic mass is 10.4. The van der Waals surface area contributed by atoms with Crippen LogP contribution in [0.3, 0.4) is 0 Å². The highest BCUT2D eigenvalue weighted by atomic mass is 32.1. The fraction of sp³-hybridized carbons (Fsp3) is 0.600. The molecule has 0 atom stereocenters. The van der Waals surface area contributed by atoms with Gasteiger partial charge >= 0.3 is 5.97 Å². The molecule has 0 spiro atoms. The first-order valence-corrected chi connectivity index (χ1v) is 6.05. The lowest BCUT2D eigenvalue weighted by molar-refractivity contribution is 0.0330. The van der Waals surface area contributed by atoms with Crippen LogP contribution < -0.4 is 5.73 Å². The number of aromatic nitrogens is 1. The summed E-state index contributed by atoms with van der Waals surface area (Å²) in [5, 5.41) is 2.55. The van der Waals surface area contributed by atoms with Crippen molar-refractivity contribution < 1.29 is 14.3 Å². The fourth-order valence-electron chi connectivity index (χ4n) is 1.05. The van der Waals surface area contributed by atoms with E-state index in [1.165, 1.54) is 11.3 Å². The number of thiazole rings is 1. The van der Waals surface area contributed by atoms with Gasteiger partial charge in [-0.3, -0.25) is 0 Å². The molecule has 1 rings (SSSR count). The van der Waals surface area contributed by atoms with Crippen LogP contribution in [0.25, 0.3) is 0 Å². The van der Waals surface area contributed by atoms with E-state index in [0.29, 0.717) is 31.9 Å². The number of nitrogens with two attached hydrogens (primary N) is 1. The minimum Gasteiger partial charge on any atom is -0.458 e. The zero-order valence-corrected chi connectivity index (χ0v) is 10.1. The first-order chi connectivity index (χ1) is 7.77. The van der Waals surface area contributed by atoms with Gasteiger partial charge in [-0.05, 0) is 13.5 Å². The van der Waals surface area contributed by atoms with Crippen LogP contribution >= 0.6 is 11.3 Å². The molecule has 0 radical (unpaired) electrons. The third-order valence-corrected chi connectivity index (χ3v) is 2.69. The molecule has 1 aromatic heterocycles. The number of ether oxygens (including phenoxy) is 2. The number of nitrogens with zero attached hydrogens (tertiary/aromatic N) is 1. The van der Waals surface area contributed by atoms with Crippen LogP contribution in [0.5, 0.6) is 0 Å². The van der Waals surface area contributed by atoms with Crippen molar-refractivity contribution in [1.82, 2.24) is 4.98 Å². The first kappa shape index (κ1) is 13.1. The van der Waals surface area contributed by atoms with Crippen molar-refractivity contribution in [1.29, 1.82) is 0 Å². The summed E-state index contributed by atoms with van der Waals surface area (Å²) in [6.45, 7) is 3.72. The van der Waals surface area contributed by atoms with Crippen molar-refractivity contribution in [2.75, 3.05) is 26.4 Å². The quantitative estimate of drug-likeness (QED) is 0.568. The number of esters is 1. The minimum atomic E-state index is -0.403. The van der Waals surface area contributed by atoms with E-state index in [9.17, 15) is 4.79 Å². The van der Waals surface area contributed by atoms with Crippen LogP contribution in [0, 0.1) is 0 Å². The normalized spacial score (nSPS) is 10.4. The molecule has 0 aliphatic heterocycles. The predicted octanol–water partition coefficient (Wildman–Crippen LogP) is 0.838. The molecule has 0 saturated carbocycles. The molecular formula is C10H16N2O3S. The summed E-state index contributed by atoms with van der Waals surface area (Å²) in [5.41, 5.74) is 5.75. The third-order valence-electron chi connectivity index (χ3n) is 1.78. The van der Waals surface area contributed by atoms with Crippen LogP contribution in [-0.4, -0.2) is 37.3 Å². The van der Waals surface area contributed by atoms with Gasteiger partial charge in [0.2, 0.25) is 0 Å². The predicted molar refractivity (Wildman–Crippen MR) is 61.6 cm³/mol. The fourth-order valence-corrected chi connectivity index (χ4v) is 1.84. The Kier molecular flexibility index (Phi) is 5.99. The number of hydrogen-bond donors (Lipinski definition) is 1. The molecule has 1 heterocycles. The Morgan fingerprint density at radius 3 is 3.06 bits per heavy atom. The largest absolute Gasteiger partial charge is 0.458 e. The van der Waals surface area contributed by atoms with Gasteiger partial charge in [0.1, 0.15) is 6.61 Å². The highest BCUT2D eigenvalue weighted by molar-refractivity contribution is 7.09. The Morgan fingerprint density at radius 1 is 1.56 bits per heavy atom. The molecule has 0 unspecified atom stereocenters. The lowest BCUT2D eigenvalue weighted by Crippen LogP contribution is -2.11. The van der Waals surface area contributed by atoms with Crippen molar-refractivity contribution in [3.8, 4) is 0 Å². The molecule has 90 valence electrons. The molecule has 0 aliphatic rings. The van der Waals surface area contributed by atoms with Crippen molar-refractivity contribution in [3.63, 3.8) is 0 Å². The van der Waals surface area contributed by atoms with Crippen LogP contribution in [0.4, 0.5) is 0 Å². The van der Waals surface area contributed by atoms with Crippen LogP contribution in [0.15, 0.2) is 5.38 Å². The average molecular weight is 244 g/mol. The molecule has 0 fully saturated rings. The number of carbonyl (C=O) groups excluding carboxylic acids is 1. The molecule has 0 aliphatic carbocycles. The van der Waals surface area contributed by atoms with E-state index in [2.05, 4.69) is 4.98 Å². The summed E-state index contributed by atoms with van der Waals surface area (Å²) in [6.07, 6.45) is 0.691. The van der Waals surface area contributed by atoms with Crippen molar-refractivity contribution in [2.45, 2.75) is 13.3 Å². The average Bonchev–Trinajstić information content (AvgIpc) is 2.73. The van der Waals surface area contributed by atoms with Crippen LogP contribution in [0.1, 0.15) is 22.4 Å². The summed E-state index contributed by atoms with van der Waals surface area (Å²) in [5.74, 6) is -0.403. The van der Waals surface area contributed by atoms with Crippen molar-refractivity contribution in [3.05, 3.63) is 16.1 Å². The van der Waals surface area contributed by atoms with Crippen LogP contribution in [-0.2, 0) is 15.9 Å². The summed E-state index contributed by atoms with van der Waals surface area (Å²) in [6, 6.07) is 0. The molecule has 2 N–H and O–H groups in total. The van der Waals surface area contributed by atoms with E-state index in [4.69, 9.17) is 15.2 Å². The highest BCUT2D eigenvalue weighted by Crippen LogP contribution is 2.10. The van der Waals surface area contributed by atoms with E-state index in [0.717, 1.165) is 5.01 Å². The molecule has 0 bridgehead atoms. The third kappa shape index (κ3) is 4.26. The summed E-state index contributed by atoms with van der Waals surface area (Å²) >= 11 is 1.42. The molecule has 0 amide bonds. The summed E-state index contributed by atoms with van der Waals surface area (Å²) in [4.78, 5) is 15.6. The van der Waals surface area contributed by atoms with Gasteiger partial charge in [0.25, 0.3) is 0 Å². The molecule has 16 heavy (non-hydrogen) atoms.